The van der Waals surface area contributed by atoms with Crippen LogP contribution in [0, 0.1) is 0 Å². The van der Waals surface area contributed by atoms with Crippen molar-refractivity contribution in [3.8, 4) is 5.75 Å². The molecule has 0 atom stereocenters. The van der Waals surface area contributed by atoms with Crippen molar-refractivity contribution in [2.24, 2.45) is 7.05 Å². The van der Waals surface area contributed by atoms with Crippen LogP contribution in [-0.4, -0.2) is 27.3 Å². The predicted octanol–water partition coefficient (Wildman–Crippen LogP) is 0.999. The maximum Gasteiger partial charge on any atom is 0.258 e. The van der Waals surface area contributed by atoms with Crippen molar-refractivity contribution in [3.63, 3.8) is 0 Å². The van der Waals surface area contributed by atoms with E-state index in [0.717, 1.165) is 18.6 Å². The molecule has 0 radical (unpaired) electrons. The van der Waals surface area contributed by atoms with Gasteiger partial charge in [-0.25, -0.2) is 0 Å². The summed E-state index contributed by atoms with van der Waals surface area (Å²) in [6.07, 6.45) is 5.05. The largest absolute Gasteiger partial charge is 0.484 e. The SMILES string of the molecule is Cn1cnnc1CNC(=O)COc1ccc2c(c1)CCC2. The second-order valence-electron chi connectivity index (χ2n) is 5.21. The van der Waals surface area contributed by atoms with Crippen LogP contribution in [-0.2, 0) is 31.2 Å². The fourth-order valence-electron chi connectivity index (χ4n) is 2.48. The van der Waals surface area contributed by atoms with Crippen molar-refractivity contribution in [3.05, 3.63) is 41.5 Å². The number of carbonyl (C=O) groups excluding carboxylic acids is 1. The molecule has 21 heavy (non-hydrogen) atoms. The van der Waals surface area contributed by atoms with E-state index >= 15 is 0 Å². The van der Waals surface area contributed by atoms with Gasteiger partial charge in [0.05, 0.1) is 6.54 Å². The maximum absolute atomic E-state index is 11.8. The molecular weight excluding hydrogens is 268 g/mol. The summed E-state index contributed by atoms with van der Waals surface area (Å²) in [7, 11) is 1.84. The van der Waals surface area contributed by atoms with Crippen LogP contribution in [0.3, 0.4) is 0 Å². The van der Waals surface area contributed by atoms with Crippen molar-refractivity contribution >= 4 is 5.91 Å². The van der Waals surface area contributed by atoms with Gasteiger partial charge < -0.3 is 14.6 Å². The molecule has 1 aliphatic carbocycles. The smallest absolute Gasteiger partial charge is 0.258 e. The molecule has 1 aromatic carbocycles. The van der Waals surface area contributed by atoms with Gasteiger partial charge in [-0.1, -0.05) is 6.07 Å². The highest BCUT2D eigenvalue weighted by atomic mass is 16.5. The third-order valence-corrected chi connectivity index (χ3v) is 3.69. The van der Waals surface area contributed by atoms with Crippen molar-refractivity contribution < 1.29 is 9.53 Å². The minimum Gasteiger partial charge on any atom is -0.484 e. The first kappa shape index (κ1) is 13.6. The monoisotopic (exact) mass is 286 g/mol. The molecule has 0 fully saturated rings. The number of amides is 1. The molecule has 0 unspecified atom stereocenters. The Kier molecular flexibility index (Phi) is 3.85. The van der Waals surface area contributed by atoms with Crippen LogP contribution in [0.2, 0.25) is 0 Å². The van der Waals surface area contributed by atoms with Crippen molar-refractivity contribution in [2.75, 3.05) is 6.61 Å². The predicted molar refractivity (Wildman–Crippen MR) is 76.8 cm³/mol. The highest BCUT2D eigenvalue weighted by Crippen LogP contribution is 2.25. The van der Waals surface area contributed by atoms with Gasteiger partial charge in [-0.3, -0.25) is 4.79 Å². The molecule has 1 heterocycles. The molecule has 110 valence electrons. The van der Waals surface area contributed by atoms with Gasteiger partial charge in [0, 0.05) is 7.05 Å². The number of carbonyl (C=O) groups is 1. The Balaban J connectivity index is 1.48. The van der Waals surface area contributed by atoms with Crippen LogP contribution < -0.4 is 10.1 Å². The van der Waals surface area contributed by atoms with Gasteiger partial charge in [0.2, 0.25) is 0 Å². The fraction of sp³-hybridized carbons (Fsp3) is 0.400. The normalized spacial score (nSPS) is 13.0. The van der Waals surface area contributed by atoms with E-state index in [9.17, 15) is 4.79 Å². The summed E-state index contributed by atoms with van der Waals surface area (Å²) in [6.45, 7) is 0.361. The van der Waals surface area contributed by atoms with E-state index in [2.05, 4.69) is 21.6 Å². The summed E-state index contributed by atoms with van der Waals surface area (Å²) in [5.74, 6) is 1.30. The van der Waals surface area contributed by atoms with Crippen LogP contribution >= 0.6 is 0 Å². The number of rotatable bonds is 5. The molecule has 6 heteroatoms. The average Bonchev–Trinajstić information content (AvgIpc) is 3.11. The lowest BCUT2D eigenvalue weighted by Gasteiger charge is -2.08. The third kappa shape index (κ3) is 3.21. The van der Waals surface area contributed by atoms with Gasteiger partial charge in [0.15, 0.2) is 12.4 Å². The van der Waals surface area contributed by atoms with Crippen LogP contribution in [0.4, 0.5) is 0 Å². The Morgan fingerprint density at radius 3 is 3.05 bits per heavy atom. The lowest BCUT2D eigenvalue weighted by atomic mass is 10.1. The number of aryl methyl sites for hydroxylation is 3. The Hall–Kier alpha value is -2.37. The number of fused-ring (bicyclic) bond motifs is 1. The van der Waals surface area contributed by atoms with Crippen LogP contribution in [0.1, 0.15) is 23.4 Å². The number of aromatic nitrogens is 3. The molecule has 1 N–H and O–H groups in total. The summed E-state index contributed by atoms with van der Waals surface area (Å²) in [4.78, 5) is 11.8. The standard InChI is InChI=1S/C15H18N4O2/c1-19-10-17-18-14(19)8-16-15(20)9-21-13-6-5-11-3-2-4-12(11)7-13/h5-7,10H,2-4,8-9H2,1H3,(H,16,20). The zero-order valence-corrected chi connectivity index (χ0v) is 12.0. The molecule has 0 bridgehead atoms. The molecule has 6 nitrogen and oxygen atoms in total. The van der Waals surface area contributed by atoms with E-state index in [1.807, 2.05) is 19.2 Å². The summed E-state index contributed by atoms with van der Waals surface area (Å²) in [5, 5.41) is 10.4. The lowest BCUT2D eigenvalue weighted by molar-refractivity contribution is -0.123. The number of benzene rings is 1. The van der Waals surface area contributed by atoms with E-state index in [4.69, 9.17) is 4.74 Å². The quantitative estimate of drug-likeness (QED) is 0.890. The average molecular weight is 286 g/mol. The number of nitrogens with one attached hydrogen (secondary N) is 1. The molecule has 1 aliphatic rings. The van der Waals surface area contributed by atoms with Gasteiger partial charge in [-0.2, -0.15) is 0 Å². The minimum atomic E-state index is -0.168. The summed E-state index contributed by atoms with van der Waals surface area (Å²) in [5.41, 5.74) is 2.74. The number of hydrogen-bond donors (Lipinski definition) is 1. The highest BCUT2D eigenvalue weighted by Gasteiger charge is 2.12. The molecule has 0 spiro atoms. The van der Waals surface area contributed by atoms with Crippen molar-refractivity contribution in [1.29, 1.82) is 0 Å². The Morgan fingerprint density at radius 2 is 2.24 bits per heavy atom. The molecule has 0 saturated carbocycles. The van der Waals surface area contributed by atoms with Gasteiger partial charge in [-0.05, 0) is 42.5 Å². The summed E-state index contributed by atoms with van der Waals surface area (Å²) >= 11 is 0. The van der Waals surface area contributed by atoms with Crippen LogP contribution in [0.5, 0.6) is 5.75 Å². The first-order valence-electron chi connectivity index (χ1n) is 7.06. The molecule has 1 aromatic heterocycles. The number of nitrogens with zero attached hydrogens (tertiary/aromatic N) is 3. The molecule has 1 amide bonds. The molecule has 0 saturated heterocycles. The van der Waals surface area contributed by atoms with Gasteiger partial charge in [0.1, 0.15) is 12.1 Å². The zero-order chi connectivity index (χ0) is 14.7. The van der Waals surface area contributed by atoms with E-state index in [0.29, 0.717) is 12.4 Å². The molecule has 2 aromatic rings. The second kappa shape index (κ2) is 5.95. The lowest BCUT2D eigenvalue weighted by Crippen LogP contribution is -2.29. The van der Waals surface area contributed by atoms with E-state index in [1.54, 1.807) is 10.9 Å². The first-order valence-corrected chi connectivity index (χ1v) is 7.06. The van der Waals surface area contributed by atoms with E-state index < -0.39 is 0 Å². The molecule has 0 aliphatic heterocycles. The highest BCUT2D eigenvalue weighted by molar-refractivity contribution is 5.77. The number of ether oxygens (including phenoxy) is 1. The van der Waals surface area contributed by atoms with E-state index in [1.165, 1.54) is 17.5 Å². The summed E-state index contributed by atoms with van der Waals surface area (Å²) < 4.78 is 7.30. The molecular formula is C15H18N4O2. The minimum absolute atomic E-state index is 0.0106. The fourth-order valence-corrected chi connectivity index (χ4v) is 2.48. The van der Waals surface area contributed by atoms with Crippen LogP contribution in [0.15, 0.2) is 24.5 Å². The maximum atomic E-state index is 11.8. The van der Waals surface area contributed by atoms with E-state index in [-0.39, 0.29) is 12.5 Å². The number of hydrogen-bond acceptors (Lipinski definition) is 4. The van der Waals surface area contributed by atoms with Crippen LogP contribution in [0.25, 0.3) is 0 Å². The van der Waals surface area contributed by atoms with Gasteiger partial charge >= 0.3 is 0 Å². The van der Waals surface area contributed by atoms with Crippen molar-refractivity contribution in [1.82, 2.24) is 20.1 Å². The molecule has 3 rings (SSSR count). The van der Waals surface area contributed by atoms with Gasteiger partial charge in [0.25, 0.3) is 5.91 Å². The van der Waals surface area contributed by atoms with Gasteiger partial charge in [-0.15, -0.1) is 10.2 Å². The Bertz CT molecular complexity index is 651. The third-order valence-electron chi connectivity index (χ3n) is 3.69. The topological polar surface area (TPSA) is 69.0 Å². The summed E-state index contributed by atoms with van der Waals surface area (Å²) in [6, 6.07) is 6.06. The Morgan fingerprint density at radius 1 is 1.38 bits per heavy atom. The first-order chi connectivity index (χ1) is 10.2. The zero-order valence-electron chi connectivity index (χ0n) is 12.0. The van der Waals surface area contributed by atoms with Crippen molar-refractivity contribution in [2.45, 2.75) is 25.8 Å². The Labute approximate surface area is 123 Å². The second-order valence-corrected chi connectivity index (χ2v) is 5.21.